The third kappa shape index (κ3) is 3.93. The molecule has 0 unspecified atom stereocenters. The highest BCUT2D eigenvalue weighted by atomic mass is 16.4. The van der Waals surface area contributed by atoms with Gasteiger partial charge >= 0.3 is 6.01 Å². The van der Waals surface area contributed by atoms with Gasteiger partial charge in [-0.05, 0) is 11.1 Å². The molecule has 0 radical (unpaired) electrons. The summed E-state index contributed by atoms with van der Waals surface area (Å²) >= 11 is 0. The third-order valence-corrected chi connectivity index (χ3v) is 4.97. The SMILES string of the molecule is CN(c1nc(C(=O)Nc2nnco2)c(O)c(=O)n1C)C(c1ccccc1)c1ccccc1. The largest absolute Gasteiger partial charge is 0.501 e. The summed E-state index contributed by atoms with van der Waals surface area (Å²) in [6.45, 7) is 0. The van der Waals surface area contributed by atoms with Crippen molar-refractivity contribution in [3.8, 4) is 5.75 Å². The first-order chi connectivity index (χ1) is 15.5. The van der Waals surface area contributed by atoms with Crippen LogP contribution in [0.15, 0.2) is 76.3 Å². The summed E-state index contributed by atoms with van der Waals surface area (Å²) in [4.78, 5) is 31.5. The number of carbonyl (C=O) groups excluding carboxylic acids is 1. The number of anilines is 2. The highest BCUT2D eigenvalue weighted by Gasteiger charge is 2.27. The fourth-order valence-electron chi connectivity index (χ4n) is 3.46. The Morgan fingerprint density at radius 1 is 1.09 bits per heavy atom. The molecule has 162 valence electrons. The van der Waals surface area contributed by atoms with Gasteiger partial charge in [-0.2, -0.15) is 0 Å². The highest BCUT2D eigenvalue weighted by molar-refractivity contribution is 6.03. The summed E-state index contributed by atoms with van der Waals surface area (Å²) in [6.07, 6.45) is 1.04. The van der Waals surface area contributed by atoms with Crippen LogP contribution in [0.25, 0.3) is 0 Å². The van der Waals surface area contributed by atoms with Crippen molar-refractivity contribution in [1.29, 1.82) is 0 Å². The fourth-order valence-corrected chi connectivity index (χ4v) is 3.46. The van der Waals surface area contributed by atoms with Crippen LogP contribution in [-0.4, -0.2) is 37.8 Å². The van der Waals surface area contributed by atoms with E-state index >= 15 is 0 Å². The van der Waals surface area contributed by atoms with Gasteiger partial charge in [-0.15, -0.1) is 5.10 Å². The van der Waals surface area contributed by atoms with Gasteiger partial charge in [0.05, 0.1) is 6.04 Å². The number of hydrogen-bond donors (Lipinski definition) is 2. The molecule has 2 aromatic carbocycles. The molecule has 0 saturated heterocycles. The van der Waals surface area contributed by atoms with Gasteiger partial charge in [-0.3, -0.25) is 19.5 Å². The normalized spacial score (nSPS) is 10.8. The van der Waals surface area contributed by atoms with E-state index in [0.29, 0.717) is 0 Å². The first kappa shape index (κ1) is 20.8. The average molecular weight is 432 g/mol. The third-order valence-electron chi connectivity index (χ3n) is 4.97. The number of nitrogens with zero attached hydrogens (tertiary/aromatic N) is 5. The lowest BCUT2D eigenvalue weighted by molar-refractivity contribution is 0.101. The number of hydrogen-bond acceptors (Lipinski definition) is 8. The van der Waals surface area contributed by atoms with E-state index in [1.807, 2.05) is 60.7 Å². The maximum Gasteiger partial charge on any atom is 0.322 e. The van der Waals surface area contributed by atoms with Gasteiger partial charge in [0.15, 0.2) is 5.69 Å². The maximum atomic E-state index is 12.7. The van der Waals surface area contributed by atoms with E-state index in [-0.39, 0.29) is 18.0 Å². The van der Waals surface area contributed by atoms with Crippen molar-refractivity contribution in [2.75, 3.05) is 17.3 Å². The molecule has 0 bridgehead atoms. The summed E-state index contributed by atoms with van der Waals surface area (Å²) < 4.78 is 6.09. The first-order valence-corrected chi connectivity index (χ1v) is 9.67. The van der Waals surface area contributed by atoms with E-state index < -0.39 is 22.9 Å². The quantitative estimate of drug-likeness (QED) is 0.475. The van der Waals surface area contributed by atoms with Crippen molar-refractivity contribution < 1.29 is 14.3 Å². The minimum absolute atomic E-state index is 0.182. The van der Waals surface area contributed by atoms with Crippen molar-refractivity contribution in [1.82, 2.24) is 19.7 Å². The van der Waals surface area contributed by atoms with E-state index in [0.717, 1.165) is 17.5 Å². The molecule has 2 N–H and O–H groups in total. The molecule has 0 aliphatic carbocycles. The van der Waals surface area contributed by atoms with Gasteiger partial charge in [-0.1, -0.05) is 65.8 Å². The molecule has 32 heavy (non-hydrogen) atoms. The molecular formula is C22H20N6O4. The number of carbonyl (C=O) groups is 1. The molecule has 0 aliphatic rings. The van der Waals surface area contributed by atoms with Crippen molar-refractivity contribution in [3.63, 3.8) is 0 Å². The molecule has 4 aromatic rings. The summed E-state index contributed by atoms with van der Waals surface area (Å²) in [5, 5.41) is 19.7. The number of aromatic hydroxyl groups is 1. The van der Waals surface area contributed by atoms with Crippen molar-refractivity contribution in [3.05, 3.63) is 94.2 Å². The molecule has 0 aliphatic heterocycles. The number of aromatic nitrogens is 4. The molecule has 4 rings (SSSR count). The Kier molecular flexibility index (Phi) is 5.67. The van der Waals surface area contributed by atoms with Crippen LogP contribution in [0.5, 0.6) is 5.75 Å². The van der Waals surface area contributed by atoms with Gasteiger partial charge in [0.1, 0.15) is 0 Å². The lowest BCUT2D eigenvalue weighted by Crippen LogP contribution is -2.34. The number of benzene rings is 2. The van der Waals surface area contributed by atoms with Gasteiger partial charge in [0.2, 0.25) is 18.1 Å². The van der Waals surface area contributed by atoms with Crippen LogP contribution in [-0.2, 0) is 7.05 Å². The van der Waals surface area contributed by atoms with Gasteiger partial charge in [0.25, 0.3) is 11.5 Å². The topological polar surface area (TPSA) is 126 Å². The average Bonchev–Trinajstić information content (AvgIpc) is 3.32. The number of amides is 1. The van der Waals surface area contributed by atoms with Crippen LogP contribution in [0, 0.1) is 0 Å². The second-order valence-corrected chi connectivity index (χ2v) is 7.01. The van der Waals surface area contributed by atoms with Crippen LogP contribution in [0.2, 0.25) is 0 Å². The molecule has 0 spiro atoms. The smallest absolute Gasteiger partial charge is 0.322 e. The predicted octanol–water partition coefficient (Wildman–Crippen LogP) is 2.35. The zero-order valence-electron chi connectivity index (χ0n) is 17.3. The molecule has 2 heterocycles. The number of rotatable bonds is 6. The van der Waals surface area contributed by atoms with E-state index in [2.05, 4.69) is 20.5 Å². The van der Waals surface area contributed by atoms with Gasteiger partial charge < -0.3 is 14.4 Å². The first-order valence-electron chi connectivity index (χ1n) is 9.67. The van der Waals surface area contributed by atoms with Crippen molar-refractivity contribution >= 4 is 17.9 Å². The minimum Gasteiger partial charge on any atom is -0.501 e. The fraction of sp³-hybridized carbons (Fsp3) is 0.136. The Balaban J connectivity index is 1.81. The molecular weight excluding hydrogens is 412 g/mol. The lowest BCUT2D eigenvalue weighted by Gasteiger charge is -2.31. The van der Waals surface area contributed by atoms with E-state index in [1.54, 1.807) is 11.9 Å². The predicted molar refractivity (Wildman–Crippen MR) is 117 cm³/mol. The maximum absolute atomic E-state index is 12.7. The standard InChI is InChI=1S/C22H20N6O4/c1-27(17(14-9-5-3-6-10-14)15-11-7-4-8-12-15)22-24-16(18(29)20(31)28(22)2)19(30)25-21-26-23-13-32-21/h3-13,17,29H,1-2H3,(H,25,26,30). The number of nitrogens with one attached hydrogen (secondary N) is 1. The highest BCUT2D eigenvalue weighted by Crippen LogP contribution is 2.31. The Bertz CT molecular complexity index is 1230. The zero-order chi connectivity index (χ0) is 22.7. The zero-order valence-corrected chi connectivity index (χ0v) is 17.3. The Morgan fingerprint density at radius 3 is 2.22 bits per heavy atom. The monoisotopic (exact) mass is 432 g/mol. The summed E-state index contributed by atoms with van der Waals surface area (Å²) in [6, 6.07) is 18.9. The van der Waals surface area contributed by atoms with Crippen LogP contribution in [0.3, 0.4) is 0 Å². The summed E-state index contributed by atoms with van der Waals surface area (Å²) in [5.41, 5.74) is 0.700. The van der Waals surface area contributed by atoms with Crippen LogP contribution < -0.4 is 15.8 Å². The molecule has 1 amide bonds. The van der Waals surface area contributed by atoms with Gasteiger partial charge in [-0.25, -0.2) is 4.98 Å². The van der Waals surface area contributed by atoms with Crippen LogP contribution in [0.1, 0.15) is 27.7 Å². The second kappa shape index (κ2) is 8.72. The lowest BCUT2D eigenvalue weighted by atomic mass is 9.98. The second-order valence-electron chi connectivity index (χ2n) is 7.01. The summed E-state index contributed by atoms with van der Waals surface area (Å²) in [5.74, 6) is -1.45. The molecule has 0 atom stereocenters. The van der Waals surface area contributed by atoms with Crippen molar-refractivity contribution in [2.24, 2.45) is 7.05 Å². The minimum atomic E-state index is -0.852. The van der Waals surface area contributed by atoms with Crippen LogP contribution in [0.4, 0.5) is 12.0 Å². The molecule has 10 heteroatoms. The van der Waals surface area contributed by atoms with Gasteiger partial charge in [0, 0.05) is 14.1 Å². The van der Waals surface area contributed by atoms with E-state index in [9.17, 15) is 14.7 Å². The van der Waals surface area contributed by atoms with E-state index in [1.165, 1.54) is 11.6 Å². The Morgan fingerprint density at radius 2 is 1.69 bits per heavy atom. The molecule has 0 fully saturated rings. The molecule has 2 aromatic heterocycles. The Labute approximate surface area is 182 Å². The Hall–Kier alpha value is -4.47. The van der Waals surface area contributed by atoms with Crippen LogP contribution >= 0.6 is 0 Å². The van der Waals surface area contributed by atoms with Crippen molar-refractivity contribution in [2.45, 2.75) is 6.04 Å². The molecule has 0 saturated carbocycles. The van der Waals surface area contributed by atoms with E-state index in [4.69, 9.17) is 4.42 Å². The molecule has 10 nitrogen and oxygen atoms in total. The summed E-state index contributed by atoms with van der Waals surface area (Å²) in [7, 11) is 3.25.